The Morgan fingerprint density at radius 3 is 2.24 bits per heavy atom. The van der Waals surface area contributed by atoms with E-state index in [-0.39, 0.29) is 16.5 Å². The van der Waals surface area contributed by atoms with Crippen molar-refractivity contribution in [1.29, 1.82) is 0 Å². The first-order valence-corrected chi connectivity index (χ1v) is 10.1. The number of benzene rings is 1. The van der Waals surface area contributed by atoms with Gasteiger partial charge in [-0.1, -0.05) is 79.9 Å². The van der Waals surface area contributed by atoms with Gasteiger partial charge in [-0.2, -0.15) is 0 Å². The molecule has 1 rings (SSSR count). The second kappa shape index (κ2) is 8.91. The van der Waals surface area contributed by atoms with E-state index in [2.05, 4.69) is 34.5 Å². The van der Waals surface area contributed by atoms with Crippen LogP contribution in [0.1, 0.15) is 45.1 Å². The molecule has 2 unspecified atom stereocenters. The Morgan fingerprint density at radius 2 is 1.71 bits per heavy atom. The molecule has 0 bridgehead atoms. The highest BCUT2D eigenvalue weighted by Gasteiger charge is 2.20. The maximum atomic E-state index is 12.2. The SMILES string of the molecule is CCC(CC)C(Br)CNS(=O)(=O)CC(C)c1ccccc1. The zero-order chi connectivity index (χ0) is 15.9. The molecule has 0 radical (unpaired) electrons. The third-order valence-electron chi connectivity index (χ3n) is 3.90. The number of hydrogen-bond donors (Lipinski definition) is 1. The number of sulfonamides is 1. The zero-order valence-electron chi connectivity index (χ0n) is 13.0. The lowest BCUT2D eigenvalue weighted by Crippen LogP contribution is -2.35. The molecule has 1 aromatic rings. The molecule has 1 aromatic carbocycles. The molecule has 120 valence electrons. The molecule has 3 nitrogen and oxygen atoms in total. The summed E-state index contributed by atoms with van der Waals surface area (Å²) in [6.45, 7) is 6.67. The predicted octanol–water partition coefficient (Wildman–Crippen LogP) is 3.91. The van der Waals surface area contributed by atoms with E-state index in [4.69, 9.17) is 0 Å². The number of nitrogens with one attached hydrogen (secondary N) is 1. The van der Waals surface area contributed by atoms with Crippen molar-refractivity contribution < 1.29 is 8.42 Å². The molecule has 0 spiro atoms. The van der Waals surface area contributed by atoms with Crippen molar-refractivity contribution >= 4 is 26.0 Å². The molecule has 0 saturated heterocycles. The van der Waals surface area contributed by atoms with E-state index in [0.29, 0.717) is 12.5 Å². The normalized spacial score (nSPS) is 15.1. The molecule has 0 aliphatic heterocycles. The Kier molecular flexibility index (Phi) is 7.92. The van der Waals surface area contributed by atoms with Crippen molar-refractivity contribution in [2.45, 2.75) is 44.4 Å². The fourth-order valence-corrected chi connectivity index (χ4v) is 4.97. The Hall–Kier alpha value is -0.390. The van der Waals surface area contributed by atoms with Gasteiger partial charge in [0, 0.05) is 11.4 Å². The van der Waals surface area contributed by atoms with E-state index in [1.165, 1.54) is 0 Å². The van der Waals surface area contributed by atoms with Crippen LogP contribution >= 0.6 is 15.9 Å². The molecule has 0 heterocycles. The lowest BCUT2D eigenvalue weighted by molar-refractivity contribution is 0.470. The lowest BCUT2D eigenvalue weighted by Gasteiger charge is -2.20. The Labute approximate surface area is 137 Å². The molecule has 0 aliphatic rings. The Balaban J connectivity index is 2.54. The van der Waals surface area contributed by atoms with E-state index in [1.807, 2.05) is 37.3 Å². The van der Waals surface area contributed by atoms with Crippen LogP contribution in [0.2, 0.25) is 0 Å². The monoisotopic (exact) mass is 375 g/mol. The van der Waals surface area contributed by atoms with Crippen LogP contribution in [-0.4, -0.2) is 25.5 Å². The van der Waals surface area contributed by atoms with Gasteiger partial charge in [-0.05, 0) is 17.4 Å². The minimum atomic E-state index is -3.25. The van der Waals surface area contributed by atoms with Crippen LogP contribution in [-0.2, 0) is 10.0 Å². The molecular formula is C16H26BrNO2S. The van der Waals surface area contributed by atoms with Crippen LogP contribution in [0.4, 0.5) is 0 Å². The van der Waals surface area contributed by atoms with Gasteiger partial charge in [-0.15, -0.1) is 0 Å². The van der Waals surface area contributed by atoms with Crippen LogP contribution in [0, 0.1) is 5.92 Å². The average Bonchev–Trinajstić information content (AvgIpc) is 2.47. The summed E-state index contributed by atoms with van der Waals surface area (Å²) >= 11 is 3.60. The molecule has 0 saturated carbocycles. The third kappa shape index (κ3) is 6.49. The number of alkyl halides is 1. The van der Waals surface area contributed by atoms with Crippen molar-refractivity contribution in [3.05, 3.63) is 35.9 Å². The average molecular weight is 376 g/mol. The predicted molar refractivity (Wildman–Crippen MR) is 93.4 cm³/mol. The van der Waals surface area contributed by atoms with Crippen LogP contribution in [0.15, 0.2) is 30.3 Å². The molecular weight excluding hydrogens is 350 g/mol. The lowest BCUT2D eigenvalue weighted by atomic mass is 10.00. The summed E-state index contributed by atoms with van der Waals surface area (Å²) in [4.78, 5) is 0.189. The van der Waals surface area contributed by atoms with Crippen molar-refractivity contribution in [1.82, 2.24) is 4.72 Å². The minimum absolute atomic E-state index is 0.00868. The first-order chi connectivity index (χ1) is 9.89. The summed E-state index contributed by atoms with van der Waals surface area (Å²) in [5.74, 6) is 0.615. The second-order valence-corrected chi connectivity index (χ2v) is 8.56. The van der Waals surface area contributed by atoms with Crippen molar-refractivity contribution in [3.63, 3.8) is 0 Å². The first kappa shape index (κ1) is 18.7. The van der Waals surface area contributed by atoms with Gasteiger partial charge >= 0.3 is 0 Å². The highest BCUT2D eigenvalue weighted by atomic mass is 79.9. The summed E-state index contributed by atoms with van der Waals surface area (Å²) in [5.41, 5.74) is 1.05. The van der Waals surface area contributed by atoms with Gasteiger partial charge in [-0.3, -0.25) is 0 Å². The smallest absolute Gasteiger partial charge is 0.212 e. The summed E-state index contributed by atoms with van der Waals surface area (Å²) in [6.07, 6.45) is 2.10. The molecule has 2 atom stereocenters. The van der Waals surface area contributed by atoms with E-state index >= 15 is 0 Å². The standard InChI is InChI=1S/C16H26BrNO2S/c1-4-14(5-2)16(17)11-18-21(19,20)12-13(3)15-9-7-6-8-10-15/h6-10,13-14,16,18H,4-5,11-12H2,1-3H3. The van der Waals surface area contributed by atoms with Crippen LogP contribution in [0.25, 0.3) is 0 Å². The van der Waals surface area contributed by atoms with Gasteiger partial charge in [0.15, 0.2) is 0 Å². The van der Waals surface area contributed by atoms with Crippen molar-refractivity contribution in [2.75, 3.05) is 12.3 Å². The number of halogens is 1. The van der Waals surface area contributed by atoms with Crippen molar-refractivity contribution in [3.8, 4) is 0 Å². The molecule has 0 aliphatic carbocycles. The molecule has 0 aromatic heterocycles. The quantitative estimate of drug-likeness (QED) is 0.665. The first-order valence-electron chi connectivity index (χ1n) is 7.56. The van der Waals surface area contributed by atoms with Crippen LogP contribution in [0.3, 0.4) is 0 Å². The van der Waals surface area contributed by atoms with Gasteiger partial charge in [0.05, 0.1) is 5.75 Å². The van der Waals surface area contributed by atoms with Crippen LogP contribution < -0.4 is 4.72 Å². The molecule has 21 heavy (non-hydrogen) atoms. The maximum absolute atomic E-state index is 12.2. The van der Waals surface area contributed by atoms with Crippen molar-refractivity contribution in [2.24, 2.45) is 5.92 Å². The minimum Gasteiger partial charge on any atom is -0.214 e. The Bertz CT molecular complexity index is 500. The summed E-state index contributed by atoms with van der Waals surface area (Å²) in [6, 6.07) is 9.75. The molecule has 1 N–H and O–H groups in total. The molecule has 5 heteroatoms. The maximum Gasteiger partial charge on any atom is 0.212 e. The van der Waals surface area contributed by atoms with Gasteiger partial charge in [0.2, 0.25) is 10.0 Å². The largest absolute Gasteiger partial charge is 0.214 e. The highest BCUT2D eigenvalue weighted by Crippen LogP contribution is 2.20. The molecule has 0 fully saturated rings. The number of rotatable bonds is 9. The highest BCUT2D eigenvalue weighted by molar-refractivity contribution is 9.09. The summed E-state index contributed by atoms with van der Waals surface area (Å²) < 4.78 is 27.1. The van der Waals surface area contributed by atoms with E-state index in [9.17, 15) is 8.42 Å². The topological polar surface area (TPSA) is 46.2 Å². The zero-order valence-corrected chi connectivity index (χ0v) is 15.5. The van der Waals surface area contributed by atoms with E-state index in [0.717, 1.165) is 18.4 Å². The van der Waals surface area contributed by atoms with Gasteiger partial charge < -0.3 is 0 Å². The summed E-state index contributed by atoms with van der Waals surface area (Å²) in [7, 11) is -3.25. The second-order valence-electron chi connectivity index (χ2n) is 5.53. The number of hydrogen-bond acceptors (Lipinski definition) is 2. The fourth-order valence-electron chi connectivity index (χ4n) is 2.44. The van der Waals surface area contributed by atoms with Gasteiger partial charge in [0.25, 0.3) is 0 Å². The van der Waals surface area contributed by atoms with Gasteiger partial charge in [0.1, 0.15) is 0 Å². The Morgan fingerprint density at radius 1 is 1.14 bits per heavy atom. The fraction of sp³-hybridized carbons (Fsp3) is 0.625. The molecule has 0 amide bonds. The van der Waals surface area contributed by atoms with Crippen LogP contribution in [0.5, 0.6) is 0 Å². The van der Waals surface area contributed by atoms with Gasteiger partial charge in [-0.25, -0.2) is 13.1 Å². The summed E-state index contributed by atoms with van der Waals surface area (Å²) in [5, 5.41) is 0. The van der Waals surface area contributed by atoms with E-state index < -0.39 is 10.0 Å². The van der Waals surface area contributed by atoms with E-state index in [1.54, 1.807) is 0 Å². The third-order valence-corrected chi connectivity index (χ3v) is 6.51.